The quantitative estimate of drug-likeness (QED) is 0.863. The number of halogens is 1. The maximum atomic E-state index is 11.8. The highest BCUT2D eigenvalue weighted by atomic mass is 79.9. The zero-order chi connectivity index (χ0) is 12.6. The molecule has 1 amide bonds. The van der Waals surface area contributed by atoms with Crippen molar-refractivity contribution in [1.82, 2.24) is 4.98 Å². The average Bonchev–Trinajstić information content (AvgIpc) is 2.57. The molecule has 0 unspecified atom stereocenters. The van der Waals surface area contributed by atoms with Crippen molar-refractivity contribution in [3.8, 4) is 0 Å². The number of fused-ring (bicyclic) bond motifs is 1. The van der Waals surface area contributed by atoms with Crippen LogP contribution in [0.4, 0.5) is 5.13 Å². The SMILES string of the molecule is CC(C)(C)C(=O)Nc1nc2ccc(Br)cc2s1. The van der Waals surface area contributed by atoms with Crippen molar-refractivity contribution < 1.29 is 4.79 Å². The number of aromatic nitrogens is 1. The minimum Gasteiger partial charge on any atom is -0.301 e. The second-order valence-corrected chi connectivity index (χ2v) is 6.78. The molecule has 5 heteroatoms. The summed E-state index contributed by atoms with van der Waals surface area (Å²) in [6.45, 7) is 5.64. The van der Waals surface area contributed by atoms with Gasteiger partial charge in [0, 0.05) is 9.89 Å². The molecule has 1 aromatic heterocycles. The third-order valence-corrected chi connectivity index (χ3v) is 3.68. The van der Waals surface area contributed by atoms with Crippen LogP contribution in [0.25, 0.3) is 10.2 Å². The molecule has 0 bridgehead atoms. The van der Waals surface area contributed by atoms with Crippen molar-refractivity contribution >= 4 is 48.5 Å². The summed E-state index contributed by atoms with van der Waals surface area (Å²) in [5.41, 5.74) is 0.501. The largest absolute Gasteiger partial charge is 0.301 e. The lowest BCUT2D eigenvalue weighted by molar-refractivity contribution is -0.123. The van der Waals surface area contributed by atoms with Gasteiger partial charge in [-0.3, -0.25) is 4.79 Å². The second kappa shape index (κ2) is 4.38. The maximum Gasteiger partial charge on any atom is 0.231 e. The highest BCUT2D eigenvalue weighted by molar-refractivity contribution is 9.10. The smallest absolute Gasteiger partial charge is 0.231 e. The van der Waals surface area contributed by atoms with E-state index in [9.17, 15) is 4.79 Å². The molecule has 0 radical (unpaired) electrons. The van der Waals surface area contributed by atoms with Crippen LogP contribution in [-0.2, 0) is 4.79 Å². The van der Waals surface area contributed by atoms with E-state index in [1.807, 2.05) is 39.0 Å². The van der Waals surface area contributed by atoms with E-state index in [1.54, 1.807) is 0 Å². The average molecular weight is 313 g/mol. The first-order valence-corrected chi connectivity index (χ1v) is 6.85. The van der Waals surface area contributed by atoms with Crippen molar-refractivity contribution in [3.05, 3.63) is 22.7 Å². The number of benzene rings is 1. The molecule has 1 aromatic carbocycles. The number of carbonyl (C=O) groups is 1. The van der Waals surface area contributed by atoms with Gasteiger partial charge in [-0.15, -0.1) is 0 Å². The van der Waals surface area contributed by atoms with E-state index in [2.05, 4.69) is 26.2 Å². The molecule has 2 rings (SSSR count). The Labute approximate surface area is 112 Å². The van der Waals surface area contributed by atoms with Crippen molar-refractivity contribution in [2.75, 3.05) is 5.32 Å². The lowest BCUT2D eigenvalue weighted by atomic mass is 9.96. The molecule has 2 aromatic rings. The molecule has 1 heterocycles. The summed E-state index contributed by atoms with van der Waals surface area (Å²) in [6.07, 6.45) is 0. The molecule has 0 atom stereocenters. The van der Waals surface area contributed by atoms with Crippen molar-refractivity contribution in [2.24, 2.45) is 5.41 Å². The van der Waals surface area contributed by atoms with Gasteiger partial charge in [-0.25, -0.2) is 4.98 Å². The van der Waals surface area contributed by atoms with Crippen LogP contribution in [0, 0.1) is 5.41 Å². The zero-order valence-corrected chi connectivity index (χ0v) is 12.3. The number of rotatable bonds is 1. The molecule has 17 heavy (non-hydrogen) atoms. The van der Waals surface area contributed by atoms with Gasteiger partial charge in [0.15, 0.2) is 5.13 Å². The summed E-state index contributed by atoms with van der Waals surface area (Å²) in [4.78, 5) is 16.2. The summed E-state index contributed by atoms with van der Waals surface area (Å²) in [5.74, 6) is -0.0179. The zero-order valence-electron chi connectivity index (χ0n) is 9.87. The van der Waals surface area contributed by atoms with E-state index in [1.165, 1.54) is 11.3 Å². The van der Waals surface area contributed by atoms with Crippen LogP contribution in [-0.4, -0.2) is 10.9 Å². The summed E-state index contributed by atoms with van der Waals surface area (Å²) in [6, 6.07) is 5.87. The standard InChI is InChI=1S/C12H13BrN2OS/c1-12(2,3)10(16)15-11-14-8-5-4-7(13)6-9(8)17-11/h4-6H,1-3H3,(H,14,15,16). The van der Waals surface area contributed by atoms with E-state index in [4.69, 9.17) is 0 Å². The summed E-state index contributed by atoms with van der Waals surface area (Å²) >= 11 is 4.90. The van der Waals surface area contributed by atoms with Crippen LogP contribution in [0.15, 0.2) is 22.7 Å². The minimum atomic E-state index is -0.404. The Kier molecular flexibility index (Phi) is 3.23. The lowest BCUT2D eigenvalue weighted by Gasteiger charge is -2.15. The molecule has 1 N–H and O–H groups in total. The number of nitrogens with one attached hydrogen (secondary N) is 1. The Bertz CT molecular complexity index is 571. The van der Waals surface area contributed by atoms with Crippen molar-refractivity contribution in [1.29, 1.82) is 0 Å². The Hall–Kier alpha value is -0.940. The van der Waals surface area contributed by atoms with Gasteiger partial charge in [-0.2, -0.15) is 0 Å². The molecule has 90 valence electrons. The molecule has 3 nitrogen and oxygen atoms in total. The predicted molar refractivity (Wildman–Crippen MR) is 75.4 cm³/mol. The Morgan fingerprint density at radius 3 is 2.76 bits per heavy atom. The fraction of sp³-hybridized carbons (Fsp3) is 0.333. The van der Waals surface area contributed by atoms with Gasteiger partial charge in [0.2, 0.25) is 5.91 Å². The van der Waals surface area contributed by atoms with E-state index in [0.29, 0.717) is 5.13 Å². The van der Waals surface area contributed by atoms with Crippen LogP contribution >= 0.6 is 27.3 Å². The molecular formula is C12H13BrN2OS. The van der Waals surface area contributed by atoms with Crippen LogP contribution in [0.5, 0.6) is 0 Å². The number of anilines is 1. The third kappa shape index (κ3) is 2.84. The van der Waals surface area contributed by atoms with Crippen LogP contribution in [0.1, 0.15) is 20.8 Å². The van der Waals surface area contributed by atoms with Gasteiger partial charge in [-0.05, 0) is 18.2 Å². The molecule has 0 spiro atoms. The molecule has 0 aliphatic rings. The first-order chi connectivity index (χ1) is 7.86. The number of carbonyl (C=O) groups excluding carboxylic acids is 1. The first kappa shape index (κ1) is 12.5. The molecule has 0 saturated carbocycles. The monoisotopic (exact) mass is 312 g/mol. The minimum absolute atomic E-state index is 0.0179. The number of thiazole rings is 1. The highest BCUT2D eigenvalue weighted by Crippen LogP contribution is 2.29. The molecule has 0 aliphatic heterocycles. The van der Waals surface area contributed by atoms with Gasteiger partial charge >= 0.3 is 0 Å². The Morgan fingerprint density at radius 2 is 2.12 bits per heavy atom. The lowest BCUT2D eigenvalue weighted by Crippen LogP contribution is -2.27. The van der Waals surface area contributed by atoms with E-state index in [0.717, 1.165) is 14.7 Å². The van der Waals surface area contributed by atoms with E-state index < -0.39 is 5.41 Å². The Balaban J connectivity index is 2.29. The number of hydrogen-bond donors (Lipinski definition) is 1. The number of amides is 1. The summed E-state index contributed by atoms with van der Waals surface area (Å²) < 4.78 is 2.07. The fourth-order valence-electron chi connectivity index (χ4n) is 1.24. The fourth-order valence-corrected chi connectivity index (χ4v) is 2.65. The first-order valence-electron chi connectivity index (χ1n) is 5.24. The predicted octanol–water partition coefficient (Wildman–Crippen LogP) is 4.04. The van der Waals surface area contributed by atoms with Gasteiger partial charge in [0.05, 0.1) is 10.2 Å². The molecule has 0 saturated heterocycles. The van der Waals surface area contributed by atoms with Gasteiger partial charge in [0.25, 0.3) is 0 Å². The Morgan fingerprint density at radius 1 is 1.41 bits per heavy atom. The van der Waals surface area contributed by atoms with Gasteiger partial charge in [0.1, 0.15) is 0 Å². The second-order valence-electron chi connectivity index (χ2n) is 4.84. The number of hydrogen-bond acceptors (Lipinski definition) is 3. The maximum absolute atomic E-state index is 11.8. The molecular weight excluding hydrogens is 300 g/mol. The van der Waals surface area contributed by atoms with E-state index in [-0.39, 0.29) is 5.91 Å². The van der Waals surface area contributed by atoms with Crippen molar-refractivity contribution in [2.45, 2.75) is 20.8 Å². The summed E-state index contributed by atoms with van der Waals surface area (Å²) in [7, 11) is 0. The normalized spacial score (nSPS) is 11.8. The van der Waals surface area contributed by atoms with Crippen molar-refractivity contribution in [3.63, 3.8) is 0 Å². The van der Waals surface area contributed by atoms with Gasteiger partial charge in [-0.1, -0.05) is 48.0 Å². The van der Waals surface area contributed by atoms with Gasteiger partial charge < -0.3 is 5.32 Å². The topological polar surface area (TPSA) is 42.0 Å². The van der Waals surface area contributed by atoms with Crippen LogP contribution < -0.4 is 5.32 Å². The number of nitrogens with zero attached hydrogens (tertiary/aromatic N) is 1. The van der Waals surface area contributed by atoms with Crippen LogP contribution in [0.2, 0.25) is 0 Å². The van der Waals surface area contributed by atoms with E-state index >= 15 is 0 Å². The highest BCUT2D eigenvalue weighted by Gasteiger charge is 2.22. The summed E-state index contributed by atoms with van der Waals surface area (Å²) in [5, 5.41) is 3.49. The van der Waals surface area contributed by atoms with Crippen LogP contribution in [0.3, 0.4) is 0 Å². The molecule has 0 aliphatic carbocycles. The third-order valence-electron chi connectivity index (χ3n) is 2.25. The molecule has 0 fully saturated rings.